The van der Waals surface area contributed by atoms with Crippen molar-refractivity contribution in [2.75, 3.05) is 13.2 Å². The molecule has 2 rings (SSSR count). The smallest absolute Gasteiger partial charge is 0.355 e. The Labute approximate surface area is 122 Å². The molecule has 2 heterocycles. The molecule has 1 aliphatic heterocycles. The summed E-state index contributed by atoms with van der Waals surface area (Å²) in [5, 5.41) is 0. The number of ether oxygens (including phenoxy) is 2. The Balaban J connectivity index is 2.00. The Morgan fingerprint density at radius 2 is 2.30 bits per heavy atom. The number of halogens is 1. The normalized spacial score (nSPS) is 19.8. The van der Waals surface area contributed by atoms with E-state index in [-0.39, 0.29) is 23.3 Å². The highest BCUT2D eigenvalue weighted by Crippen LogP contribution is 2.19. The summed E-state index contributed by atoms with van der Waals surface area (Å²) in [6.45, 7) is 0.855. The fourth-order valence-corrected chi connectivity index (χ4v) is 2.84. The molecule has 1 aliphatic rings. The molecule has 6 nitrogen and oxygen atoms in total. The van der Waals surface area contributed by atoms with Gasteiger partial charge in [0.25, 0.3) is 9.05 Å². The van der Waals surface area contributed by atoms with Crippen molar-refractivity contribution >= 4 is 25.7 Å². The van der Waals surface area contributed by atoms with Crippen molar-refractivity contribution in [3.63, 3.8) is 0 Å². The van der Waals surface area contributed by atoms with Gasteiger partial charge in [-0.1, -0.05) is 0 Å². The third-order valence-electron chi connectivity index (χ3n) is 3.14. The van der Waals surface area contributed by atoms with Gasteiger partial charge in [-0.25, -0.2) is 13.2 Å². The molecule has 0 N–H and O–H groups in total. The molecule has 1 unspecified atom stereocenters. The van der Waals surface area contributed by atoms with Gasteiger partial charge in [-0.2, -0.15) is 0 Å². The lowest BCUT2D eigenvalue weighted by atomic mass is 10.1. The lowest BCUT2D eigenvalue weighted by Crippen LogP contribution is -2.26. The van der Waals surface area contributed by atoms with Gasteiger partial charge in [0.15, 0.2) is 0 Å². The predicted octanol–water partition coefficient (Wildman–Crippen LogP) is 1.68. The van der Waals surface area contributed by atoms with Crippen molar-refractivity contribution < 1.29 is 22.7 Å². The maximum absolute atomic E-state index is 11.9. The van der Waals surface area contributed by atoms with E-state index in [2.05, 4.69) is 0 Å². The Morgan fingerprint density at radius 3 is 2.85 bits per heavy atom. The van der Waals surface area contributed by atoms with Gasteiger partial charge >= 0.3 is 5.97 Å². The number of carbonyl (C=O) groups is 1. The number of hydrogen-bond acceptors (Lipinski definition) is 5. The van der Waals surface area contributed by atoms with Crippen LogP contribution in [0.2, 0.25) is 0 Å². The molecule has 0 radical (unpaired) electrons. The van der Waals surface area contributed by atoms with E-state index in [1.54, 1.807) is 7.05 Å². The number of carbonyl (C=O) groups excluding carboxylic acids is 1. The minimum absolute atomic E-state index is 0.0794. The first-order chi connectivity index (χ1) is 9.38. The maximum Gasteiger partial charge on any atom is 0.355 e. The number of nitrogens with zero attached hydrogens (tertiary/aromatic N) is 1. The first-order valence-electron chi connectivity index (χ1n) is 6.27. The Morgan fingerprint density at radius 1 is 1.55 bits per heavy atom. The first-order valence-corrected chi connectivity index (χ1v) is 8.58. The minimum atomic E-state index is -3.85. The summed E-state index contributed by atoms with van der Waals surface area (Å²) in [5.41, 5.74) is 0.139. The van der Waals surface area contributed by atoms with E-state index in [9.17, 15) is 13.2 Å². The third kappa shape index (κ3) is 3.74. The fourth-order valence-electron chi connectivity index (χ4n) is 2.05. The lowest BCUT2D eigenvalue weighted by Gasteiger charge is -2.22. The molecular formula is C12H16ClNO5S. The van der Waals surface area contributed by atoms with Crippen LogP contribution < -0.4 is 0 Å². The van der Waals surface area contributed by atoms with E-state index in [0.29, 0.717) is 6.61 Å². The van der Waals surface area contributed by atoms with Crippen molar-refractivity contribution in [1.82, 2.24) is 4.57 Å². The zero-order chi connectivity index (χ0) is 14.8. The Bertz CT molecular complexity index is 589. The van der Waals surface area contributed by atoms with Gasteiger partial charge in [0.2, 0.25) is 0 Å². The average molecular weight is 322 g/mol. The molecule has 1 aromatic rings. The van der Waals surface area contributed by atoms with E-state index < -0.39 is 15.0 Å². The van der Waals surface area contributed by atoms with Crippen LogP contribution in [0.15, 0.2) is 17.2 Å². The summed E-state index contributed by atoms with van der Waals surface area (Å²) in [6, 6.07) is 1.20. The van der Waals surface area contributed by atoms with Crippen molar-refractivity contribution in [3.05, 3.63) is 18.0 Å². The first kappa shape index (κ1) is 15.3. The molecule has 0 bridgehead atoms. The summed E-state index contributed by atoms with van der Waals surface area (Å²) in [6.07, 6.45) is 4.14. The average Bonchev–Trinajstić information content (AvgIpc) is 2.79. The molecule has 1 atom stereocenters. The van der Waals surface area contributed by atoms with E-state index >= 15 is 0 Å². The third-order valence-corrected chi connectivity index (χ3v) is 4.47. The van der Waals surface area contributed by atoms with Crippen LogP contribution in [0, 0.1) is 0 Å². The van der Waals surface area contributed by atoms with Gasteiger partial charge in [-0.15, -0.1) is 0 Å². The predicted molar refractivity (Wildman–Crippen MR) is 72.3 cm³/mol. The largest absolute Gasteiger partial charge is 0.458 e. The fraction of sp³-hybridized carbons (Fsp3) is 0.583. The highest BCUT2D eigenvalue weighted by Gasteiger charge is 2.21. The number of esters is 1. The molecule has 0 spiro atoms. The minimum Gasteiger partial charge on any atom is -0.458 e. The number of hydrogen-bond donors (Lipinski definition) is 0. The Kier molecular flexibility index (Phi) is 4.72. The topological polar surface area (TPSA) is 74.6 Å². The summed E-state index contributed by atoms with van der Waals surface area (Å²) >= 11 is 0. The number of rotatable bonds is 4. The SMILES string of the molecule is Cn1cc(S(=O)(=O)Cl)cc1C(=O)OCC1CCCCO1. The van der Waals surface area contributed by atoms with Crippen LogP contribution >= 0.6 is 10.7 Å². The number of aromatic nitrogens is 1. The zero-order valence-electron chi connectivity index (χ0n) is 11.0. The molecular weight excluding hydrogens is 306 g/mol. The van der Waals surface area contributed by atoms with Crippen LogP contribution in [0.4, 0.5) is 0 Å². The van der Waals surface area contributed by atoms with Crippen molar-refractivity contribution in [2.45, 2.75) is 30.3 Å². The van der Waals surface area contributed by atoms with Crippen molar-refractivity contribution in [3.8, 4) is 0 Å². The van der Waals surface area contributed by atoms with E-state index in [4.69, 9.17) is 20.2 Å². The summed E-state index contributed by atoms with van der Waals surface area (Å²) in [4.78, 5) is 11.8. The highest BCUT2D eigenvalue weighted by molar-refractivity contribution is 8.13. The molecule has 0 saturated carbocycles. The van der Waals surface area contributed by atoms with Gasteiger partial charge in [0, 0.05) is 30.5 Å². The molecule has 20 heavy (non-hydrogen) atoms. The maximum atomic E-state index is 11.9. The second-order valence-electron chi connectivity index (χ2n) is 4.70. The van der Waals surface area contributed by atoms with E-state index in [1.165, 1.54) is 16.8 Å². The quantitative estimate of drug-likeness (QED) is 0.623. The van der Waals surface area contributed by atoms with Crippen LogP contribution in [0.5, 0.6) is 0 Å². The molecule has 8 heteroatoms. The van der Waals surface area contributed by atoms with Gasteiger partial charge in [0.05, 0.1) is 6.10 Å². The monoisotopic (exact) mass is 321 g/mol. The van der Waals surface area contributed by atoms with Gasteiger partial charge < -0.3 is 14.0 Å². The van der Waals surface area contributed by atoms with Gasteiger partial charge in [-0.05, 0) is 25.3 Å². The van der Waals surface area contributed by atoms with Crippen LogP contribution in [-0.4, -0.2) is 38.3 Å². The molecule has 0 aromatic carbocycles. The standard InChI is InChI=1S/C12H16ClNO5S/c1-14-7-10(20(13,16)17)6-11(14)12(15)19-8-9-4-2-3-5-18-9/h6-7,9H,2-5,8H2,1H3. The molecule has 112 valence electrons. The highest BCUT2D eigenvalue weighted by atomic mass is 35.7. The van der Waals surface area contributed by atoms with Crippen molar-refractivity contribution in [1.29, 1.82) is 0 Å². The van der Waals surface area contributed by atoms with Gasteiger partial charge in [0.1, 0.15) is 17.2 Å². The summed E-state index contributed by atoms with van der Waals surface area (Å²) < 4.78 is 34.4. The molecule has 1 saturated heterocycles. The van der Waals surface area contributed by atoms with Gasteiger partial charge in [-0.3, -0.25) is 0 Å². The summed E-state index contributed by atoms with van der Waals surface area (Å²) in [7, 11) is 2.93. The zero-order valence-corrected chi connectivity index (χ0v) is 12.6. The molecule has 1 fully saturated rings. The van der Waals surface area contributed by atoms with Crippen molar-refractivity contribution in [2.24, 2.45) is 7.05 Å². The second-order valence-corrected chi connectivity index (χ2v) is 7.26. The molecule has 0 aliphatic carbocycles. The van der Waals surface area contributed by atoms with E-state index in [1.807, 2.05) is 0 Å². The second kappa shape index (κ2) is 6.15. The molecule has 0 amide bonds. The van der Waals surface area contributed by atoms with E-state index in [0.717, 1.165) is 19.3 Å². The summed E-state index contributed by atoms with van der Waals surface area (Å²) in [5.74, 6) is -0.590. The lowest BCUT2D eigenvalue weighted by molar-refractivity contribution is -0.0303. The molecule has 1 aromatic heterocycles. The van der Waals surface area contributed by atoms with Crippen LogP contribution in [0.3, 0.4) is 0 Å². The number of aryl methyl sites for hydroxylation is 1. The van der Waals surface area contributed by atoms with Crippen LogP contribution in [0.1, 0.15) is 29.8 Å². The Hall–Kier alpha value is -1.05. The van der Waals surface area contributed by atoms with Crippen LogP contribution in [0.25, 0.3) is 0 Å². The van der Waals surface area contributed by atoms with Crippen LogP contribution in [-0.2, 0) is 25.6 Å².